The van der Waals surface area contributed by atoms with Gasteiger partial charge in [-0.15, -0.1) is 0 Å². The second-order valence-corrected chi connectivity index (χ2v) is 4.81. The van der Waals surface area contributed by atoms with Crippen molar-refractivity contribution in [1.82, 2.24) is 9.78 Å². The zero-order chi connectivity index (χ0) is 13.1. The average molecular weight is 243 g/mol. The maximum atomic E-state index is 5.70. The Balaban J connectivity index is 2.58. The van der Waals surface area contributed by atoms with Crippen molar-refractivity contribution in [2.75, 3.05) is 0 Å². The maximum absolute atomic E-state index is 5.70. The van der Waals surface area contributed by atoms with Crippen LogP contribution in [0.25, 0.3) is 5.69 Å². The van der Waals surface area contributed by atoms with Gasteiger partial charge in [-0.05, 0) is 30.0 Å². The summed E-state index contributed by atoms with van der Waals surface area (Å²) in [6, 6.07) is 10.5. The minimum atomic E-state index is 0.433. The van der Waals surface area contributed by atoms with Crippen LogP contribution in [0.1, 0.15) is 43.6 Å². The molecular formula is C15H21N3. The first kappa shape index (κ1) is 12.8. The molecule has 0 amide bonds. The van der Waals surface area contributed by atoms with Crippen molar-refractivity contribution in [2.24, 2.45) is 5.73 Å². The van der Waals surface area contributed by atoms with E-state index in [-0.39, 0.29) is 0 Å². The first-order valence-corrected chi connectivity index (χ1v) is 6.54. The number of benzene rings is 1. The molecule has 2 rings (SSSR count). The molecule has 0 unspecified atom stereocenters. The molecule has 1 aromatic carbocycles. The van der Waals surface area contributed by atoms with Crippen molar-refractivity contribution in [1.29, 1.82) is 0 Å². The molecule has 0 bridgehead atoms. The Morgan fingerprint density at radius 1 is 1.28 bits per heavy atom. The van der Waals surface area contributed by atoms with E-state index in [4.69, 9.17) is 5.73 Å². The maximum Gasteiger partial charge on any atom is 0.0767 e. The summed E-state index contributed by atoms with van der Waals surface area (Å²) >= 11 is 0. The summed E-state index contributed by atoms with van der Waals surface area (Å²) in [5.41, 5.74) is 10.4. The lowest BCUT2D eigenvalue weighted by molar-refractivity contribution is 0.722. The summed E-state index contributed by atoms with van der Waals surface area (Å²) in [5, 5.41) is 4.62. The molecule has 3 nitrogen and oxygen atoms in total. The predicted molar refractivity (Wildman–Crippen MR) is 74.9 cm³/mol. The van der Waals surface area contributed by atoms with Crippen LogP contribution in [0.2, 0.25) is 0 Å². The van der Waals surface area contributed by atoms with Crippen LogP contribution >= 0.6 is 0 Å². The molecule has 96 valence electrons. The van der Waals surface area contributed by atoms with Gasteiger partial charge in [-0.1, -0.05) is 39.0 Å². The third-order valence-electron chi connectivity index (χ3n) is 3.19. The largest absolute Gasteiger partial charge is 0.325 e. The highest BCUT2D eigenvalue weighted by molar-refractivity contribution is 5.42. The molecule has 3 heteroatoms. The van der Waals surface area contributed by atoms with Crippen LogP contribution in [-0.4, -0.2) is 9.78 Å². The van der Waals surface area contributed by atoms with Crippen molar-refractivity contribution in [3.05, 3.63) is 47.3 Å². The van der Waals surface area contributed by atoms with Crippen LogP contribution in [0.3, 0.4) is 0 Å². The average Bonchev–Trinajstić information content (AvgIpc) is 2.83. The Kier molecular flexibility index (Phi) is 3.82. The number of nitrogens with zero attached hydrogens (tertiary/aromatic N) is 2. The van der Waals surface area contributed by atoms with Crippen LogP contribution in [0.4, 0.5) is 0 Å². The van der Waals surface area contributed by atoms with E-state index < -0.39 is 0 Å². The number of aryl methyl sites for hydroxylation is 1. The summed E-state index contributed by atoms with van der Waals surface area (Å²) in [4.78, 5) is 0. The first-order chi connectivity index (χ1) is 8.67. The molecule has 18 heavy (non-hydrogen) atoms. The number of nitrogens with two attached hydrogens (primary N) is 1. The van der Waals surface area contributed by atoms with Gasteiger partial charge in [0.25, 0.3) is 0 Å². The van der Waals surface area contributed by atoms with Crippen LogP contribution in [0.5, 0.6) is 0 Å². The number of rotatable bonds is 4. The lowest BCUT2D eigenvalue weighted by Crippen LogP contribution is -2.07. The Morgan fingerprint density at radius 2 is 2.00 bits per heavy atom. The van der Waals surface area contributed by atoms with E-state index in [0.717, 1.165) is 12.1 Å². The number of hydrogen-bond donors (Lipinski definition) is 1. The van der Waals surface area contributed by atoms with Crippen molar-refractivity contribution in [3.63, 3.8) is 0 Å². The van der Waals surface area contributed by atoms with Gasteiger partial charge in [-0.25, -0.2) is 4.68 Å². The van der Waals surface area contributed by atoms with E-state index in [1.54, 1.807) is 0 Å². The second kappa shape index (κ2) is 5.36. The van der Waals surface area contributed by atoms with Gasteiger partial charge in [0.15, 0.2) is 0 Å². The summed E-state index contributed by atoms with van der Waals surface area (Å²) in [7, 11) is 0. The molecule has 2 N–H and O–H groups in total. The van der Waals surface area contributed by atoms with Crippen LogP contribution < -0.4 is 5.73 Å². The van der Waals surface area contributed by atoms with Gasteiger partial charge in [0.1, 0.15) is 0 Å². The summed E-state index contributed by atoms with van der Waals surface area (Å²) < 4.78 is 2.05. The van der Waals surface area contributed by atoms with Gasteiger partial charge in [0.05, 0.1) is 11.4 Å². The molecule has 0 saturated carbocycles. The zero-order valence-corrected chi connectivity index (χ0v) is 11.4. The van der Waals surface area contributed by atoms with Gasteiger partial charge in [0, 0.05) is 12.2 Å². The van der Waals surface area contributed by atoms with E-state index in [1.807, 2.05) is 4.68 Å². The molecule has 0 atom stereocenters. The van der Waals surface area contributed by atoms with Gasteiger partial charge >= 0.3 is 0 Å². The lowest BCUT2D eigenvalue weighted by atomic mass is 10.1. The number of aromatic nitrogens is 2. The van der Waals surface area contributed by atoms with E-state index in [0.29, 0.717) is 12.5 Å². The summed E-state index contributed by atoms with van der Waals surface area (Å²) in [6.07, 6.45) is 1.01. The summed E-state index contributed by atoms with van der Waals surface area (Å²) in [6.45, 7) is 7.02. The second-order valence-electron chi connectivity index (χ2n) is 4.81. The van der Waals surface area contributed by atoms with Gasteiger partial charge in [-0.2, -0.15) is 5.10 Å². The van der Waals surface area contributed by atoms with Gasteiger partial charge in [-0.3, -0.25) is 0 Å². The highest BCUT2D eigenvalue weighted by Gasteiger charge is 2.13. The SMILES string of the molecule is CCc1ccccc1-n1nc(CN)cc1C(C)C. The molecule has 0 spiro atoms. The van der Waals surface area contributed by atoms with Crippen LogP contribution in [-0.2, 0) is 13.0 Å². The Labute approximate surface area is 109 Å². The molecule has 2 aromatic rings. The third kappa shape index (κ3) is 2.31. The van der Waals surface area contributed by atoms with E-state index in [1.165, 1.54) is 16.9 Å². The topological polar surface area (TPSA) is 43.8 Å². The van der Waals surface area contributed by atoms with E-state index in [2.05, 4.69) is 56.2 Å². The van der Waals surface area contributed by atoms with Crippen molar-refractivity contribution >= 4 is 0 Å². The van der Waals surface area contributed by atoms with Crippen LogP contribution in [0.15, 0.2) is 30.3 Å². The molecule has 0 fully saturated rings. The fourth-order valence-electron chi connectivity index (χ4n) is 2.17. The molecule has 0 saturated heterocycles. The molecular weight excluding hydrogens is 222 g/mol. The molecule has 1 heterocycles. The van der Waals surface area contributed by atoms with Gasteiger partial charge < -0.3 is 5.73 Å². The van der Waals surface area contributed by atoms with Crippen molar-refractivity contribution in [2.45, 2.75) is 39.7 Å². The normalized spacial score (nSPS) is 11.2. The molecule has 0 aliphatic rings. The molecule has 0 radical (unpaired) electrons. The molecule has 0 aliphatic carbocycles. The van der Waals surface area contributed by atoms with Crippen molar-refractivity contribution in [3.8, 4) is 5.69 Å². The van der Waals surface area contributed by atoms with Gasteiger partial charge in [0.2, 0.25) is 0 Å². The number of hydrogen-bond acceptors (Lipinski definition) is 2. The Hall–Kier alpha value is -1.61. The smallest absolute Gasteiger partial charge is 0.0767 e. The first-order valence-electron chi connectivity index (χ1n) is 6.54. The minimum Gasteiger partial charge on any atom is -0.325 e. The quantitative estimate of drug-likeness (QED) is 0.897. The zero-order valence-electron chi connectivity index (χ0n) is 11.4. The lowest BCUT2D eigenvalue weighted by Gasteiger charge is -2.13. The highest BCUT2D eigenvalue weighted by atomic mass is 15.3. The fraction of sp³-hybridized carbons (Fsp3) is 0.400. The van der Waals surface area contributed by atoms with Crippen molar-refractivity contribution < 1.29 is 0 Å². The minimum absolute atomic E-state index is 0.433. The van der Waals surface area contributed by atoms with E-state index >= 15 is 0 Å². The molecule has 1 aromatic heterocycles. The van der Waals surface area contributed by atoms with E-state index in [9.17, 15) is 0 Å². The Bertz CT molecular complexity index is 526. The standard InChI is InChI=1S/C15H21N3/c1-4-12-7-5-6-8-14(12)18-15(11(2)3)9-13(10-16)17-18/h5-9,11H,4,10,16H2,1-3H3. The highest BCUT2D eigenvalue weighted by Crippen LogP contribution is 2.22. The monoisotopic (exact) mass is 243 g/mol. The number of para-hydroxylation sites is 1. The van der Waals surface area contributed by atoms with Crippen LogP contribution in [0, 0.1) is 0 Å². The summed E-state index contributed by atoms with van der Waals surface area (Å²) in [5.74, 6) is 0.433. The Morgan fingerprint density at radius 3 is 2.61 bits per heavy atom. The molecule has 0 aliphatic heterocycles. The fourth-order valence-corrected chi connectivity index (χ4v) is 2.17. The predicted octanol–water partition coefficient (Wildman–Crippen LogP) is 3.02. The third-order valence-corrected chi connectivity index (χ3v) is 3.19.